The van der Waals surface area contributed by atoms with E-state index in [-0.39, 0.29) is 22.5 Å². The van der Waals surface area contributed by atoms with Gasteiger partial charge in [-0.2, -0.15) is 8.42 Å². The summed E-state index contributed by atoms with van der Waals surface area (Å²) in [6, 6.07) is 10.9. The third-order valence-electron chi connectivity index (χ3n) is 5.37. The van der Waals surface area contributed by atoms with Crippen molar-refractivity contribution in [2.45, 2.75) is 37.2 Å². The van der Waals surface area contributed by atoms with Crippen molar-refractivity contribution in [3.63, 3.8) is 0 Å². The number of carbonyl (C=O) groups excluding carboxylic acids is 1. The van der Waals surface area contributed by atoms with Crippen molar-refractivity contribution in [2.75, 3.05) is 30.3 Å². The molecule has 1 aliphatic rings. The van der Waals surface area contributed by atoms with Gasteiger partial charge in [0.15, 0.2) is 5.13 Å². The lowest BCUT2D eigenvalue weighted by molar-refractivity contribution is -0.120. The second kappa shape index (κ2) is 9.87. The minimum Gasteiger partial charge on any atom is -0.389 e. The van der Waals surface area contributed by atoms with E-state index in [0.29, 0.717) is 27.6 Å². The maximum absolute atomic E-state index is 12.7. The molecule has 3 aromatic rings. The van der Waals surface area contributed by atoms with Gasteiger partial charge in [-0.15, -0.1) is 0 Å². The van der Waals surface area contributed by atoms with Crippen LogP contribution in [-0.2, 0) is 14.9 Å². The molecule has 0 unspecified atom stereocenters. The Bertz CT molecular complexity index is 1260. The normalized spacial score (nSPS) is 15.3. The molecule has 2 aromatic carbocycles. The number of anilines is 2. The Morgan fingerprint density at radius 3 is 2.59 bits per heavy atom. The number of piperidine rings is 1. The van der Waals surface area contributed by atoms with E-state index in [1.807, 2.05) is 0 Å². The number of carbonyl (C=O) groups is 1. The van der Waals surface area contributed by atoms with Crippen LogP contribution in [0.25, 0.3) is 10.2 Å². The van der Waals surface area contributed by atoms with Gasteiger partial charge in [-0.1, -0.05) is 11.3 Å². The van der Waals surface area contributed by atoms with E-state index >= 15 is 0 Å². The highest BCUT2D eigenvalue weighted by molar-refractivity contribution is 7.87. The molecule has 1 fully saturated rings. The van der Waals surface area contributed by atoms with Crippen molar-refractivity contribution in [2.24, 2.45) is 5.92 Å². The number of nitrogens with zero attached hydrogens (tertiary/aromatic N) is 1. The molecule has 2 heterocycles. The molecule has 1 amide bonds. The van der Waals surface area contributed by atoms with Gasteiger partial charge in [0, 0.05) is 24.2 Å². The minimum atomic E-state index is -4.04. The van der Waals surface area contributed by atoms with E-state index in [4.69, 9.17) is 4.18 Å². The second-order valence-corrected chi connectivity index (χ2v) is 11.5. The second-order valence-electron chi connectivity index (χ2n) is 8.89. The molecule has 0 spiro atoms. The lowest BCUT2D eigenvalue weighted by atomic mass is 9.97. The van der Waals surface area contributed by atoms with Crippen molar-refractivity contribution in [3.05, 3.63) is 42.5 Å². The Balaban J connectivity index is 1.43. The highest BCUT2D eigenvalue weighted by atomic mass is 32.2. The molecule has 34 heavy (non-hydrogen) atoms. The first-order valence-corrected chi connectivity index (χ1v) is 13.2. The number of fused-ring (bicyclic) bond motifs is 1. The molecule has 11 heteroatoms. The van der Waals surface area contributed by atoms with Gasteiger partial charge in [-0.25, -0.2) is 4.98 Å². The molecule has 182 valence electrons. The van der Waals surface area contributed by atoms with Crippen LogP contribution in [-0.4, -0.2) is 49.7 Å². The standard InChI is InChI=1S/C23H28N4O5S2/c1-23(2,29)14-25-16-3-6-18(7-4-16)34(30,31)32-17-5-8-19-20(13-17)33-22(26-19)27-21(28)15-9-11-24-12-10-15/h3-8,13,15,24-25,29H,9-12,14H2,1-2H3,(H,26,27,28). The van der Waals surface area contributed by atoms with E-state index in [2.05, 4.69) is 20.9 Å². The average Bonchev–Trinajstić information content (AvgIpc) is 3.19. The van der Waals surface area contributed by atoms with Crippen LogP contribution in [0.2, 0.25) is 0 Å². The molecule has 1 aromatic heterocycles. The summed E-state index contributed by atoms with van der Waals surface area (Å²) in [5.41, 5.74) is 0.447. The Labute approximate surface area is 202 Å². The first-order chi connectivity index (χ1) is 16.1. The maximum Gasteiger partial charge on any atom is 0.339 e. The highest BCUT2D eigenvalue weighted by Gasteiger charge is 2.22. The van der Waals surface area contributed by atoms with Gasteiger partial charge in [0.2, 0.25) is 5.91 Å². The van der Waals surface area contributed by atoms with Crippen LogP contribution in [0.5, 0.6) is 5.75 Å². The van der Waals surface area contributed by atoms with Gasteiger partial charge in [0.25, 0.3) is 0 Å². The Morgan fingerprint density at radius 2 is 1.91 bits per heavy atom. The van der Waals surface area contributed by atoms with Crippen LogP contribution >= 0.6 is 11.3 Å². The summed E-state index contributed by atoms with van der Waals surface area (Å²) in [7, 11) is -4.04. The van der Waals surface area contributed by atoms with Crippen molar-refractivity contribution >= 4 is 48.4 Å². The molecule has 0 atom stereocenters. The quantitative estimate of drug-likeness (QED) is 0.344. The molecule has 1 aliphatic heterocycles. The fraction of sp³-hybridized carbons (Fsp3) is 0.391. The largest absolute Gasteiger partial charge is 0.389 e. The number of hydrogen-bond donors (Lipinski definition) is 4. The maximum atomic E-state index is 12.7. The van der Waals surface area contributed by atoms with E-state index in [0.717, 1.165) is 25.9 Å². The molecule has 4 rings (SSSR count). The molecule has 9 nitrogen and oxygen atoms in total. The lowest BCUT2D eigenvalue weighted by Crippen LogP contribution is -2.34. The fourth-order valence-corrected chi connectivity index (χ4v) is 5.35. The first-order valence-electron chi connectivity index (χ1n) is 11.0. The SMILES string of the molecule is CC(C)(O)CNc1ccc(S(=O)(=O)Oc2ccc3nc(NC(=O)C4CCNCC4)sc3c2)cc1. The number of thiazole rings is 1. The molecule has 0 radical (unpaired) electrons. The summed E-state index contributed by atoms with van der Waals surface area (Å²) >= 11 is 1.27. The minimum absolute atomic E-state index is 0.0145. The van der Waals surface area contributed by atoms with Crippen LogP contribution in [0.4, 0.5) is 10.8 Å². The third kappa shape index (κ3) is 6.23. The number of rotatable bonds is 8. The van der Waals surface area contributed by atoms with Crippen molar-refractivity contribution in [1.82, 2.24) is 10.3 Å². The topological polar surface area (TPSA) is 130 Å². The summed E-state index contributed by atoms with van der Waals surface area (Å²) in [6.45, 7) is 5.33. The Kier molecular flexibility index (Phi) is 7.08. The van der Waals surface area contributed by atoms with Crippen molar-refractivity contribution in [1.29, 1.82) is 0 Å². The van der Waals surface area contributed by atoms with Crippen molar-refractivity contribution in [3.8, 4) is 5.75 Å². The van der Waals surface area contributed by atoms with Gasteiger partial charge >= 0.3 is 10.1 Å². The van der Waals surface area contributed by atoms with Gasteiger partial charge < -0.3 is 25.2 Å². The van der Waals surface area contributed by atoms with E-state index in [1.165, 1.54) is 29.5 Å². The van der Waals surface area contributed by atoms with Crippen LogP contribution < -0.4 is 20.1 Å². The summed E-state index contributed by atoms with van der Waals surface area (Å²) in [6.07, 6.45) is 1.59. The fourth-order valence-electron chi connectivity index (χ4n) is 3.53. The molecule has 0 bridgehead atoms. The highest BCUT2D eigenvalue weighted by Crippen LogP contribution is 2.31. The summed E-state index contributed by atoms with van der Waals surface area (Å²) < 4.78 is 31.5. The Hall–Kier alpha value is -2.73. The van der Waals surface area contributed by atoms with Crippen LogP contribution in [0, 0.1) is 5.92 Å². The third-order valence-corrected chi connectivity index (χ3v) is 7.57. The number of amides is 1. The van der Waals surface area contributed by atoms with Gasteiger partial charge in [0.05, 0.1) is 15.8 Å². The van der Waals surface area contributed by atoms with E-state index < -0.39 is 15.7 Å². The van der Waals surface area contributed by atoms with Crippen LogP contribution in [0.3, 0.4) is 0 Å². The smallest absolute Gasteiger partial charge is 0.339 e. The predicted molar refractivity (Wildman–Crippen MR) is 133 cm³/mol. The summed E-state index contributed by atoms with van der Waals surface area (Å²) in [5, 5.41) is 19.4. The molecule has 0 aliphatic carbocycles. The van der Waals surface area contributed by atoms with Crippen LogP contribution in [0.1, 0.15) is 26.7 Å². The number of nitrogens with one attached hydrogen (secondary N) is 3. The van der Waals surface area contributed by atoms with Crippen LogP contribution in [0.15, 0.2) is 47.4 Å². The zero-order chi connectivity index (χ0) is 24.3. The van der Waals surface area contributed by atoms with Gasteiger partial charge in [-0.05, 0) is 76.2 Å². The number of aliphatic hydroxyl groups is 1. The Morgan fingerprint density at radius 1 is 1.21 bits per heavy atom. The van der Waals surface area contributed by atoms with Crippen molar-refractivity contribution < 1.29 is 22.5 Å². The average molecular weight is 505 g/mol. The zero-order valence-corrected chi connectivity index (χ0v) is 20.6. The molecular weight excluding hydrogens is 476 g/mol. The first kappa shape index (κ1) is 24.4. The molecule has 0 saturated carbocycles. The van der Waals surface area contributed by atoms with E-state index in [1.54, 1.807) is 38.1 Å². The van der Waals surface area contributed by atoms with E-state index in [9.17, 15) is 18.3 Å². The predicted octanol–water partition coefficient (Wildman–Crippen LogP) is 3.18. The molecule has 4 N–H and O–H groups in total. The molecular formula is C23H28N4O5S2. The molecule has 1 saturated heterocycles. The summed E-state index contributed by atoms with van der Waals surface area (Å²) in [4.78, 5) is 16.9. The number of hydrogen-bond acceptors (Lipinski definition) is 9. The van der Waals surface area contributed by atoms with Gasteiger partial charge in [0.1, 0.15) is 10.6 Å². The van der Waals surface area contributed by atoms with Gasteiger partial charge in [-0.3, -0.25) is 4.79 Å². The number of aromatic nitrogens is 1. The monoisotopic (exact) mass is 504 g/mol. The number of benzene rings is 2. The summed E-state index contributed by atoms with van der Waals surface area (Å²) in [5.74, 6) is 0.0886. The lowest BCUT2D eigenvalue weighted by Gasteiger charge is -2.20. The zero-order valence-electron chi connectivity index (χ0n) is 19.0.